The van der Waals surface area contributed by atoms with Crippen LogP contribution in [-0.2, 0) is 20.7 Å². The van der Waals surface area contributed by atoms with E-state index in [-0.39, 0.29) is 25.7 Å². The molecule has 2 N–H and O–H groups in total. The summed E-state index contributed by atoms with van der Waals surface area (Å²) in [6.45, 7) is 10.4. The van der Waals surface area contributed by atoms with Gasteiger partial charge in [0.15, 0.2) is 0 Å². The van der Waals surface area contributed by atoms with Crippen molar-refractivity contribution in [3.63, 3.8) is 0 Å². The molecule has 0 unspecified atom stereocenters. The number of aliphatic hydroxyl groups excluding tert-OH is 1. The number of amides is 1. The number of hydrogen-bond donors (Lipinski definition) is 2. The van der Waals surface area contributed by atoms with Crippen LogP contribution in [0, 0.1) is 6.92 Å². The third-order valence-corrected chi connectivity index (χ3v) is 8.20. The lowest BCUT2D eigenvalue weighted by molar-refractivity contribution is 0.00578. The van der Waals surface area contributed by atoms with Crippen LogP contribution in [0.5, 0.6) is 0 Å². The number of carbonyl (C=O) groups is 1. The molecule has 0 aromatic heterocycles. The quantitative estimate of drug-likeness (QED) is 0.368. The zero-order valence-corrected chi connectivity index (χ0v) is 23.3. The number of rotatable bonds is 7. The molecular weight excluding hydrogens is 489 g/mol. The Balaban J connectivity index is 1.32. The largest absolute Gasteiger partial charge is 0.492 e. The molecular formula is C32H36BNO5. The first kappa shape index (κ1) is 27.2. The van der Waals surface area contributed by atoms with Crippen LogP contribution in [0.4, 0.5) is 4.79 Å². The van der Waals surface area contributed by atoms with E-state index in [9.17, 15) is 9.90 Å². The van der Waals surface area contributed by atoms with E-state index in [1.54, 1.807) is 0 Å². The van der Waals surface area contributed by atoms with E-state index in [1.807, 2.05) is 83.2 Å². The van der Waals surface area contributed by atoms with Gasteiger partial charge in [-0.15, -0.1) is 0 Å². The predicted octanol–water partition coefficient (Wildman–Crippen LogP) is 6.04. The number of ether oxygens (including phenoxy) is 1. The Hall–Kier alpha value is -3.39. The minimum absolute atomic E-state index is 0.00914. The molecule has 0 bridgehead atoms. The summed E-state index contributed by atoms with van der Waals surface area (Å²) in [5.41, 5.74) is 7.22. The van der Waals surface area contributed by atoms with Crippen LogP contribution in [-0.4, -0.2) is 42.7 Å². The second-order valence-corrected chi connectivity index (χ2v) is 11.3. The molecule has 5 rings (SSSR count). The van der Waals surface area contributed by atoms with Gasteiger partial charge in [-0.05, 0) is 85.1 Å². The number of nitrogens with one attached hydrogen (secondary N) is 1. The predicted molar refractivity (Wildman–Crippen MR) is 154 cm³/mol. The average Bonchev–Trinajstić information content (AvgIpc) is 3.35. The Labute approximate surface area is 231 Å². The van der Waals surface area contributed by atoms with Crippen molar-refractivity contribution >= 4 is 19.3 Å². The molecule has 6 nitrogen and oxygen atoms in total. The van der Waals surface area contributed by atoms with Gasteiger partial charge in [-0.2, -0.15) is 0 Å². The Bertz CT molecular complexity index is 1350. The number of carbonyl (C=O) groups excluding carboxylic acids is 1. The SMILES string of the molecule is Cc1ccc(CO)cc1C=C(CNC(=O)OCC1c2ccccc2-c2ccccc21)B1OC(C)(C)C(C)(C)O1. The van der Waals surface area contributed by atoms with E-state index in [0.717, 1.165) is 22.2 Å². The van der Waals surface area contributed by atoms with Crippen molar-refractivity contribution in [1.82, 2.24) is 5.32 Å². The highest BCUT2D eigenvalue weighted by Crippen LogP contribution is 2.44. The average molecular weight is 525 g/mol. The fourth-order valence-corrected chi connectivity index (χ4v) is 5.16. The Morgan fingerprint density at radius 1 is 0.974 bits per heavy atom. The van der Waals surface area contributed by atoms with E-state index in [1.165, 1.54) is 22.3 Å². The topological polar surface area (TPSA) is 77.0 Å². The minimum Gasteiger partial charge on any atom is -0.449 e. The summed E-state index contributed by atoms with van der Waals surface area (Å²) in [6, 6.07) is 22.3. The lowest BCUT2D eigenvalue weighted by Gasteiger charge is -2.32. The summed E-state index contributed by atoms with van der Waals surface area (Å²) in [7, 11) is -0.638. The molecule has 1 fully saturated rings. The molecule has 1 aliphatic carbocycles. The Kier molecular flexibility index (Phi) is 7.42. The summed E-state index contributed by atoms with van der Waals surface area (Å²) in [5, 5.41) is 12.6. The van der Waals surface area contributed by atoms with Crippen LogP contribution in [0.3, 0.4) is 0 Å². The number of alkyl carbamates (subject to hydrolysis) is 1. The number of fused-ring (bicyclic) bond motifs is 3. The van der Waals surface area contributed by atoms with Gasteiger partial charge in [0, 0.05) is 12.5 Å². The summed E-state index contributed by atoms with van der Waals surface area (Å²) in [6.07, 6.45) is 1.47. The van der Waals surface area contributed by atoms with Gasteiger partial charge in [-0.1, -0.05) is 66.7 Å². The number of aliphatic hydroxyl groups is 1. The number of aryl methyl sites for hydroxylation is 1. The third-order valence-electron chi connectivity index (χ3n) is 8.20. The van der Waals surface area contributed by atoms with Gasteiger partial charge >= 0.3 is 13.2 Å². The first-order valence-corrected chi connectivity index (χ1v) is 13.4. The highest BCUT2D eigenvalue weighted by Gasteiger charge is 2.52. The molecule has 0 saturated carbocycles. The highest BCUT2D eigenvalue weighted by molar-refractivity contribution is 6.56. The Morgan fingerprint density at radius 3 is 2.15 bits per heavy atom. The maximum absolute atomic E-state index is 12.9. The lowest BCUT2D eigenvalue weighted by Crippen LogP contribution is -2.41. The molecule has 1 heterocycles. The van der Waals surface area contributed by atoms with E-state index in [0.29, 0.717) is 0 Å². The van der Waals surface area contributed by atoms with Crippen molar-refractivity contribution in [3.05, 3.63) is 100 Å². The third kappa shape index (κ3) is 5.39. The van der Waals surface area contributed by atoms with Gasteiger partial charge in [0.1, 0.15) is 6.61 Å². The standard InChI is InChI=1S/C32H36BNO5/c1-21-14-15-22(19-35)16-23(21)17-24(33-38-31(2,3)32(4,5)39-33)18-34-30(36)37-20-29-27-12-8-6-10-25(27)26-11-7-9-13-28(26)29/h6-17,29,35H,18-20H2,1-5H3,(H,34,36). The van der Waals surface area contributed by atoms with Crippen molar-refractivity contribution in [2.75, 3.05) is 13.2 Å². The summed E-state index contributed by atoms with van der Waals surface area (Å²) >= 11 is 0. The van der Waals surface area contributed by atoms with Crippen molar-refractivity contribution < 1.29 is 23.9 Å². The lowest BCUT2D eigenvalue weighted by atomic mass is 9.76. The maximum atomic E-state index is 12.9. The fourth-order valence-electron chi connectivity index (χ4n) is 5.16. The van der Waals surface area contributed by atoms with Crippen LogP contribution in [0.2, 0.25) is 0 Å². The van der Waals surface area contributed by atoms with Crippen LogP contribution < -0.4 is 5.32 Å². The van der Waals surface area contributed by atoms with Crippen LogP contribution in [0.1, 0.15) is 61.4 Å². The molecule has 0 radical (unpaired) electrons. The van der Waals surface area contributed by atoms with Gasteiger partial charge in [0.05, 0.1) is 17.8 Å². The zero-order valence-electron chi connectivity index (χ0n) is 23.3. The smallest absolute Gasteiger partial charge is 0.449 e. The second-order valence-electron chi connectivity index (χ2n) is 11.3. The van der Waals surface area contributed by atoms with E-state index < -0.39 is 24.4 Å². The van der Waals surface area contributed by atoms with E-state index >= 15 is 0 Å². The fraction of sp³-hybridized carbons (Fsp3) is 0.344. The van der Waals surface area contributed by atoms with Crippen molar-refractivity contribution in [1.29, 1.82) is 0 Å². The van der Waals surface area contributed by atoms with Crippen molar-refractivity contribution in [2.45, 2.75) is 58.3 Å². The van der Waals surface area contributed by atoms with E-state index in [4.69, 9.17) is 14.0 Å². The molecule has 1 saturated heterocycles. The summed E-state index contributed by atoms with van der Waals surface area (Å²) < 4.78 is 18.4. The molecule has 0 atom stereocenters. The van der Waals surface area contributed by atoms with Gasteiger partial charge in [0.25, 0.3) is 0 Å². The molecule has 2 aliphatic rings. The Morgan fingerprint density at radius 2 is 1.56 bits per heavy atom. The molecule has 3 aromatic rings. The highest BCUT2D eigenvalue weighted by atomic mass is 16.7. The van der Waals surface area contributed by atoms with Gasteiger partial charge in [-0.3, -0.25) is 0 Å². The first-order valence-electron chi connectivity index (χ1n) is 13.4. The zero-order chi connectivity index (χ0) is 27.8. The normalized spacial score (nSPS) is 17.6. The minimum atomic E-state index is -0.638. The monoisotopic (exact) mass is 525 g/mol. The molecule has 0 spiro atoms. The molecule has 3 aromatic carbocycles. The molecule has 39 heavy (non-hydrogen) atoms. The van der Waals surface area contributed by atoms with Gasteiger partial charge in [-0.25, -0.2) is 4.79 Å². The summed E-state index contributed by atoms with van der Waals surface area (Å²) in [4.78, 5) is 12.9. The number of benzene rings is 3. The maximum Gasteiger partial charge on any atom is 0.492 e. The van der Waals surface area contributed by atoms with Crippen LogP contribution in [0.25, 0.3) is 17.2 Å². The second kappa shape index (κ2) is 10.6. The molecule has 1 aliphatic heterocycles. The van der Waals surface area contributed by atoms with Crippen molar-refractivity contribution in [2.24, 2.45) is 0 Å². The van der Waals surface area contributed by atoms with Crippen molar-refractivity contribution in [3.8, 4) is 11.1 Å². The van der Waals surface area contributed by atoms with Crippen LogP contribution >= 0.6 is 0 Å². The molecule has 202 valence electrons. The molecule has 7 heteroatoms. The van der Waals surface area contributed by atoms with Gasteiger partial charge in [0.2, 0.25) is 0 Å². The van der Waals surface area contributed by atoms with Gasteiger partial charge < -0.3 is 24.5 Å². The first-order chi connectivity index (χ1) is 18.6. The van der Waals surface area contributed by atoms with Crippen LogP contribution in [0.15, 0.2) is 72.2 Å². The summed E-state index contributed by atoms with van der Waals surface area (Å²) in [5.74, 6) is -0.00914. The number of hydrogen-bond acceptors (Lipinski definition) is 5. The molecule has 1 amide bonds. The van der Waals surface area contributed by atoms with E-state index in [2.05, 4.69) is 29.6 Å².